The van der Waals surface area contributed by atoms with Gasteiger partial charge in [-0.3, -0.25) is 9.59 Å². The van der Waals surface area contributed by atoms with Crippen molar-refractivity contribution in [1.29, 1.82) is 0 Å². The summed E-state index contributed by atoms with van der Waals surface area (Å²) < 4.78 is 17.7. The highest BCUT2D eigenvalue weighted by molar-refractivity contribution is 7.10. The summed E-state index contributed by atoms with van der Waals surface area (Å²) in [5.74, 6) is -4.94. The number of esters is 2. The summed E-state index contributed by atoms with van der Waals surface area (Å²) in [5.41, 5.74) is -7.36. The Hall–Kier alpha value is -3.50. The van der Waals surface area contributed by atoms with Crippen molar-refractivity contribution in [3.63, 3.8) is 0 Å². The summed E-state index contributed by atoms with van der Waals surface area (Å²) in [6, 6.07) is 10.1. The van der Waals surface area contributed by atoms with Crippen LogP contribution in [0.4, 0.5) is 0 Å². The number of nitrogens with one attached hydrogen (secondary N) is 1. The van der Waals surface area contributed by atoms with Gasteiger partial charge in [-0.2, -0.15) is 0 Å². The second-order valence-corrected chi connectivity index (χ2v) is 15.7. The molecule has 1 aliphatic heterocycles. The highest BCUT2D eigenvalue weighted by atomic mass is 32.1. The van der Waals surface area contributed by atoms with Gasteiger partial charge in [0.15, 0.2) is 11.9 Å². The maximum Gasteiger partial charge on any atom is 0.338 e. The zero-order valence-corrected chi connectivity index (χ0v) is 29.2. The van der Waals surface area contributed by atoms with Crippen molar-refractivity contribution in [2.45, 2.75) is 101 Å². The van der Waals surface area contributed by atoms with Crippen LogP contribution < -0.4 is 5.32 Å². The molecule has 270 valence electrons. The van der Waals surface area contributed by atoms with Gasteiger partial charge in [-0.1, -0.05) is 38.1 Å². The number of benzene rings is 1. The van der Waals surface area contributed by atoms with Crippen LogP contribution in [0.1, 0.15) is 68.7 Å². The van der Waals surface area contributed by atoms with Crippen LogP contribution >= 0.6 is 11.3 Å². The summed E-state index contributed by atoms with van der Waals surface area (Å²) in [6.07, 6.45) is -10.0. The summed E-state index contributed by atoms with van der Waals surface area (Å²) in [6.45, 7) is 6.96. The lowest BCUT2D eigenvalue weighted by Gasteiger charge is -2.66. The highest BCUT2D eigenvalue weighted by Gasteiger charge is 2.76. The van der Waals surface area contributed by atoms with Gasteiger partial charge in [0.05, 0.1) is 29.8 Å². The first-order valence-electron chi connectivity index (χ1n) is 16.5. The van der Waals surface area contributed by atoms with E-state index in [0.29, 0.717) is 4.88 Å². The number of amides is 1. The molecule has 4 aliphatic rings. The molecule has 1 amide bonds. The maximum atomic E-state index is 14.6. The van der Waals surface area contributed by atoms with E-state index >= 15 is 0 Å². The molecule has 2 aromatic rings. The molecule has 1 saturated heterocycles. The van der Waals surface area contributed by atoms with E-state index in [2.05, 4.69) is 5.32 Å². The fourth-order valence-corrected chi connectivity index (χ4v) is 9.52. The number of aliphatic hydroxyl groups is 5. The topological polar surface area (TPSA) is 209 Å². The molecule has 1 aromatic heterocycles. The molecule has 2 heterocycles. The van der Waals surface area contributed by atoms with Gasteiger partial charge >= 0.3 is 11.9 Å². The smallest absolute Gasteiger partial charge is 0.338 e. The lowest BCUT2D eigenvalue weighted by molar-refractivity contribution is -0.343. The molecule has 3 aliphatic carbocycles. The SMILES string of the molecule is CC(=O)NC(c1cccs1)C(O)C(=O)OC1CC2(O)C(OC(=O)c3ccccc3)C3C4(O)COC4CC(O)[C@@]3(C)C(=O)C(O)C(=C1C)C2(C)C. The van der Waals surface area contributed by atoms with Crippen LogP contribution in [0.2, 0.25) is 0 Å². The van der Waals surface area contributed by atoms with Crippen molar-refractivity contribution in [1.82, 2.24) is 5.32 Å². The molecular formula is C36H43NO12S. The largest absolute Gasteiger partial charge is 0.456 e. The Kier molecular flexibility index (Phi) is 9.16. The fraction of sp³-hybridized carbons (Fsp3) is 0.556. The zero-order valence-electron chi connectivity index (χ0n) is 28.4. The van der Waals surface area contributed by atoms with E-state index in [1.165, 1.54) is 44.2 Å². The Bertz CT molecular complexity index is 1710. The van der Waals surface area contributed by atoms with Crippen LogP contribution in [0, 0.1) is 16.7 Å². The van der Waals surface area contributed by atoms with Gasteiger partial charge in [0.2, 0.25) is 5.91 Å². The quantitative estimate of drug-likeness (QED) is 0.178. The van der Waals surface area contributed by atoms with Gasteiger partial charge in [0.1, 0.15) is 35.6 Å². The van der Waals surface area contributed by atoms with E-state index < -0.39 is 101 Å². The monoisotopic (exact) mass is 713 g/mol. The number of carbonyl (C=O) groups excluding carboxylic acids is 4. The number of aliphatic hydroxyl groups excluding tert-OH is 3. The van der Waals surface area contributed by atoms with Gasteiger partial charge < -0.3 is 45.1 Å². The molecule has 6 rings (SSSR count). The van der Waals surface area contributed by atoms with Crippen LogP contribution in [-0.2, 0) is 28.6 Å². The van der Waals surface area contributed by atoms with Gasteiger partial charge in [0.25, 0.3) is 0 Å². The summed E-state index contributed by atoms with van der Waals surface area (Å²) >= 11 is 1.20. The van der Waals surface area contributed by atoms with Crippen molar-refractivity contribution in [2.75, 3.05) is 6.61 Å². The molecule has 2 saturated carbocycles. The van der Waals surface area contributed by atoms with E-state index in [4.69, 9.17) is 14.2 Å². The Morgan fingerprint density at radius 1 is 1.04 bits per heavy atom. The summed E-state index contributed by atoms with van der Waals surface area (Å²) in [4.78, 5) is 54.5. The Labute approximate surface area is 292 Å². The standard InChI is InChI=1S/C36H43NO12S/c1-17-20(48-32(44)27(41)25(37-18(2)38)21-12-9-13-50-21)15-36(46)30(49-31(43)19-10-7-6-8-11-19)28-34(5,22(39)14-23-35(28,45)16-47-23)29(42)26(40)24(17)33(36,3)4/h6-13,20,22-23,25-28,30,39-41,45-46H,14-16H2,1-5H3,(H,37,38)/t20?,22?,23?,25?,26?,27?,28?,30?,34-,35?,36?/m1/s1. The number of rotatable bonds is 7. The van der Waals surface area contributed by atoms with Crippen LogP contribution in [-0.4, -0.2) is 104 Å². The second kappa shape index (κ2) is 12.6. The number of Topliss-reactive ketones (excluding diaryl/α,β-unsaturated/α-hetero) is 1. The van der Waals surface area contributed by atoms with Gasteiger partial charge in [-0.15, -0.1) is 11.3 Å². The average molecular weight is 714 g/mol. The van der Waals surface area contributed by atoms with E-state index in [1.54, 1.807) is 49.6 Å². The van der Waals surface area contributed by atoms with E-state index in [-0.39, 0.29) is 29.7 Å². The van der Waals surface area contributed by atoms with Crippen molar-refractivity contribution >= 4 is 35.0 Å². The minimum Gasteiger partial charge on any atom is -0.456 e. The average Bonchev–Trinajstić information content (AvgIpc) is 3.60. The molecule has 0 spiro atoms. The van der Waals surface area contributed by atoms with E-state index in [0.717, 1.165) is 0 Å². The third-order valence-corrected chi connectivity index (χ3v) is 12.6. The fourth-order valence-electron chi connectivity index (χ4n) is 8.72. The first-order chi connectivity index (χ1) is 23.4. The van der Waals surface area contributed by atoms with Crippen molar-refractivity contribution in [3.8, 4) is 0 Å². The Morgan fingerprint density at radius 3 is 2.30 bits per heavy atom. The van der Waals surface area contributed by atoms with Crippen LogP contribution in [0.25, 0.3) is 0 Å². The zero-order chi connectivity index (χ0) is 36.6. The molecule has 13 nitrogen and oxygen atoms in total. The van der Waals surface area contributed by atoms with E-state index in [1.807, 2.05) is 0 Å². The van der Waals surface area contributed by atoms with Crippen molar-refractivity contribution < 1.29 is 58.9 Å². The first-order valence-corrected chi connectivity index (χ1v) is 17.4. The van der Waals surface area contributed by atoms with Crippen LogP contribution in [0.3, 0.4) is 0 Å². The number of thiophene rings is 1. The number of hydrogen-bond donors (Lipinski definition) is 6. The lowest BCUT2D eigenvalue weighted by Crippen LogP contribution is -2.81. The predicted octanol–water partition coefficient (Wildman–Crippen LogP) is 1.36. The van der Waals surface area contributed by atoms with Gasteiger partial charge in [-0.25, -0.2) is 9.59 Å². The molecule has 1 aromatic carbocycles. The number of hydrogen-bond acceptors (Lipinski definition) is 13. The van der Waals surface area contributed by atoms with Crippen molar-refractivity contribution in [3.05, 3.63) is 69.4 Å². The molecule has 50 heavy (non-hydrogen) atoms. The molecule has 2 bridgehead atoms. The lowest BCUT2D eigenvalue weighted by atomic mass is 9.44. The number of carbonyl (C=O) groups is 4. The third-order valence-electron chi connectivity index (χ3n) is 11.6. The number of ether oxygens (including phenoxy) is 3. The summed E-state index contributed by atoms with van der Waals surface area (Å²) in [5, 5.41) is 64.2. The minimum absolute atomic E-state index is 0.0215. The molecule has 0 radical (unpaired) electrons. The van der Waals surface area contributed by atoms with Crippen LogP contribution in [0.5, 0.6) is 0 Å². The molecule has 14 heteroatoms. The molecule has 10 unspecified atom stereocenters. The Balaban J connectivity index is 1.49. The van der Waals surface area contributed by atoms with Gasteiger partial charge in [-0.05, 0) is 48.6 Å². The van der Waals surface area contributed by atoms with Crippen LogP contribution in [0.15, 0.2) is 59.0 Å². The van der Waals surface area contributed by atoms with Gasteiger partial charge in [0, 0.05) is 36.0 Å². The predicted molar refractivity (Wildman–Crippen MR) is 176 cm³/mol. The second-order valence-electron chi connectivity index (χ2n) is 14.7. The molecular weight excluding hydrogens is 670 g/mol. The molecule has 3 fully saturated rings. The van der Waals surface area contributed by atoms with E-state index in [9.17, 15) is 44.7 Å². The molecule has 6 N–H and O–H groups in total. The maximum absolute atomic E-state index is 14.6. The van der Waals surface area contributed by atoms with Crippen molar-refractivity contribution in [2.24, 2.45) is 16.7 Å². The Morgan fingerprint density at radius 2 is 1.72 bits per heavy atom. The normalized spacial score (nSPS) is 37.1. The minimum atomic E-state index is -2.27. The number of ketones is 1. The first kappa shape index (κ1) is 36.3. The molecule has 11 atom stereocenters. The summed E-state index contributed by atoms with van der Waals surface area (Å²) in [7, 11) is 0. The highest BCUT2D eigenvalue weighted by Crippen LogP contribution is 2.63. The third kappa shape index (κ3) is 5.35. The number of fused-ring (bicyclic) bond motifs is 5.